The number of ether oxygens (including phenoxy) is 1. The normalized spacial score (nSPS) is 37.3. The van der Waals surface area contributed by atoms with Crippen molar-refractivity contribution in [3.63, 3.8) is 0 Å². The number of carbonyl (C=O) groups is 1. The van der Waals surface area contributed by atoms with Gasteiger partial charge in [-0.05, 0) is 85.0 Å². The molecule has 3 aliphatic rings. The van der Waals surface area contributed by atoms with Crippen molar-refractivity contribution in [2.75, 3.05) is 0 Å². The van der Waals surface area contributed by atoms with Gasteiger partial charge in [0, 0.05) is 6.92 Å². The van der Waals surface area contributed by atoms with Gasteiger partial charge in [-0.2, -0.15) is 0 Å². The summed E-state index contributed by atoms with van der Waals surface area (Å²) in [7, 11) is 0. The number of aliphatic hydroxyl groups excluding tert-OH is 1. The van der Waals surface area contributed by atoms with Crippen molar-refractivity contribution in [1.29, 1.82) is 0 Å². The van der Waals surface area contributed by atoms with Crippen molar-refractivity contribution in [2.24, 2.45) is 17.3 Å². The third-order valence-electron chi connectivity index (χ3n) is 7.01. The van der Waals surface area contributed by atoms with Crippen molar-refractivity contribution in [2.45, 2.75) is 64.4 Å². The van der Waals surface area contributed by atoms with Crippen LogP contribution in [0.4, 0.5) is 0 Å². The molecule has 2 saturated carbocycles. The first-order chi connectivity index (χ1) is 11.4. The van der Waals surface area contributed by atoms with Crippen molar-refractivity contribution in [3.8, 4) is 11.5 Å². The maximum absolute atomic E-state index is 11.2. The van der Waals surface area contributed by atoms with Crippen LogP contribution in [0.5, 0.6) is 11.5 Å². The standard InChI is InChI=1S/C20H26O4/c1-11(21)24-18-9-12-3-4-14-13(15(12)10-17(18)22)7-8-20(2)16(14)5-6-19(20)23/h9-10,13-14,16,19,22-23H,3-8H2,1-2H3/t13-,14+,16-,19-,20-/m0/s1. The minimum Gasteiger partial charge on any atom is -0.504 e. The van der Waals surface area contributed by atoms with Crippen LogP contribution in [0.15, 0.2) is 12.1 Å². The molecule has 0 aliphatic heterocycles. The number of carbonyl (C=O) groups excluding carboxylic acids is 1. The van der Waals surface area contributed by atoms with E-state index in [0.29, 0.717) is 17.8 Å². The lowest BCUT2D eigenvalue weighted by Crippen LogP contribution is -2.43. The van der Waals surface area contributed by atoms with Crippen LogP contribution in [0.3, 0.4) is 0 Å². The topological polar surface area (TPSA) is 66.8 Å². The molecule has 4 heteroatoms. The molecule has 0 unspecified atom stereocenters. The van der Waals surface area contributed by atoms with E-state index in [1.165, 1.54) is 18.1 Å². The van der Waals surface area contributed by atoms with Gasteiger partial charge < -0.3 is 14.9 Å². The second-order valence-corrected chi connectivity index (χ2v) is 8.17. The van der Waals surface area contributed by atoms with Crippen molar-refractivity contribution < 1.29 is 19.7 Å². The highest BCUT2D eigenvalue weighted by Gasteiger charge is 2.54. The number of benzene rings is 1. The molecule has 2 N–H and O–H groups in total. The summed E-state index contributed by atoms with van der Waals surface area (Å²) in [6.45, 7) is 3.62. The molecule has 0 aromatic heterocycles. The Kier molecular flexibility index (Phi) is 3.64. The zero-order chi connectivity index (χ0) is 17.1. The Labute approximate surface area is 142 Å². The number of fused-ring (bicyclic) bond motifs is 5. The molecule has 0 bridgehead atoms. The van der Waals surface area contributed by atoms with Crippen LogP contribution in [0.1, 0.15) is 63.0 Å². The van der Waals surface area contributed by atoms with E-state index in [9.17, 15) is 15.0 Å². The Morgan fingerprint density at radius 3 is 2.79 bits per heavy atom. The summed E-state index contributed by atoms with van der Waals surface area (Å²) in [5, 5.41) is 20.7. The summed E-state index contributed by atoms with van der Waals surface area (Å²) >= 11 is 0. The van der Waals surface area contributed by atoms with Gasteiger partial charge in [0.05, 0.1) is 6.10 Å². The molecule has 4 nitrogen and oxygen atoms in total. The Morgan fingerprint density at radius 1 is 1.25 bits per heavy atom. The number of aryl methyl sites for hydroxylation is 1. The number of phenolic OH excluding ortho intramolecular Hbond substituents is 1. The first-order valence-corrected chi connectivity index (χ1v) is 9.12. The molecule has 0 heterocycles. The lowest BCUT2D eigenvalue weighted by molar-refractivity contribution is -0.132. The fourth-order valence-electron chi connectivity index (χ4n) is 5.80. The van der Waals surface area contributed by atoms with E-state index in [4.69, 9.17) is 4.74 Å². The molecule has 0 saturated heterocycles. The van der Waals surface area contributed by atoms with Gasteiger partial charge in [0.25, 0.3) is 0 Å². The highest BCUT2D eigenvalue weighted by atomic mass is 16.5. The maximum Gasteiger partial charge on any atom is 0.308 e. The maximum atomic E-state index is 11.2. The van der Waals surface area contributed by atoms with E-state index in [2.05, 4.69) is 6.92 Å². The van der Waals surface area contributed by atoms with Gasteiger partial charge in [0.1, 0.15) is 0 Å². The SMILES string of the molecule is CC(=O)Oc1cc2c(cc1O)[C@H]1CC[C@]3(C)[C@@H](O)CC[C@H]3[C@@H]1CC2. The number of esters is 1. The molecule has 1 aromatic carbocycles. The van der Waals surface area contributed by atoms with Crippen LogP contribution in [0.25, 0.3) is 0 Å². The number of aliphatic hydroxyl groups is 1. The molecule has 5 atom stereocenters. The summed E-state index contributed by atoms with van der Waals surface area (Å²) in [6.07, 6.45) is 6.06. The Balaban J connectivity index is 1.68. The zero-order valence-corrected chi connectivity index (χ0v) is 14.4. The van der Waals surface area contributed by atoms with Crippen LogP contribution < -0.4 is 4.74 Å². The largest absolute Gasteiger partial charge is 0.504 e. The van der Waals surface area contributed by atoms with Crippen LogP contribution in [-0.2, 0) is 11.2 Å². The zero-order valence-electron chi connectivity index (χ0n) is 14.4. The quantitative estimate of drug-likeness (QED) is 0.610. The van der Waals surface area contributed by atoms with E-state index >= 15 is 0 Å². The van der Waals surface area contributed by atoms with Gasteiger partial charge in [0.15, 0.2) is 11.5 Å². The lowest BCUT2D eigenvalue weighted by atomic mass is 9.55. The fraction of sp³-hybridized carbons (Fsp3) is 0.650. The molecule has 4 rings (SSSR count). The number of hydrogen-bond donors (Lipinski definition) is 2. The van der Waals surface area contributed by atoms with E-state index in [-0.39, 0.29) is 23.0 Å². The first kappa shape index (κ1) is 15.9. The van der Waals surface area contributed by atoms with Gasteiger partial charge in [-0.15, -0.1) is 0 Å². The average Bonchev–Trinajstić information content (AvgIpc) is 2.83. The predicted octanol–water partition coefficient (Wildman–Crippen LogP) is 3.53. The molecular formula is C20H26O4. The monoisotopic (exact) mass is 330 g/mol. The fourth-order valence-corrected chi connectivity index (χ4v) is 5.80. The smallest absolute Gasteiger partial charge is 0.308 e. The molecule has 24 heavy (non-hydrogen) atoms. The molecule has 0 radical (unpaired) electrons. The van der Waals surface area contributed by atoms with Gasteiger partial charge >= 0.3 is 5.97 Å². The van der Waals surface area contributed by atoms with Gasteiger partial charge in [-0.25, -0.2) is 0 Å². The van der Waals surface area contributed by atoms with E-state index in [1.54, 1.807) is 0 Å². The number of rotatable bonds is 1. The molecule has 130 valence electrons. The highest BCUT2D eigenvalue weighted by molar-refractivity contribution is 5.70. The molecule has 0 amide bonds. The van der Waals surface area contributed by atoms with Gasteiger partial charge in [-0.3, -0.25) is 4.79 Å². The molecule has 1 aromatic rings. The lowest BCUT2D eigenvalue weighted by Gasteiger charge is -2.50. The predicted molar refractivity (Wildman–Crippen MR) is 90.0 cm³/mol. The Hall–Kier alpha value is -1.55. The van der Waals surface area contributed by atoms with E-state index in [1.807, 2.05) is 12.1 Å². The number of hydrogen-bond acceptors (Lipinski definition) is 4. The molecule has 3 aliphatic carbocycles. The minimum atomic E-state index is -0.410. The van der Waals surface area contributed by atoms with Crippen molar-refractivity contribution >= 4 is 5.97 Å². The van der Waals surface area contributed by atoms with E-state index < -0.39 is 5.97 Å². The molecular weight excluding hydrogens is 304 g/mol. The van der Waals surface area contributed by atoms with Crippen molar-refractivity contribution in [1.82, 2.24) is 0 Å². The van der Waals surface area contributed by atoms with Gasteiger partial charge in [0.2, 0.25) is 0 Å². The molecule has 2 fully saturated rings. The minimum absolute atomic E-state index is 0.0596. The molecule has 0 spiro atoms. The van der Waals surface area contributed by atoms with Crippen LogP contribution in [0.2, 0.25) is 0 Å². The summed E-state index contributed by atoms with van der Waals surface area (Å²) in [5.74, 6) is 1.55. The summed E-state index contributed by atoms with van der Waals surface area (Å²) in [5.41, 5.74) is 2.49. The summed E-state index contributed by atoms with van der Waals surface area (Å²) < 4.78 is 5.12. The third kappa shape index (κ3) is 2.26. The van der Waals surface area contributed by atoms with Crippen LogP contribution >= 0.6 is 0 Å². The third-order valence-corrected chi connectivity index (χ3v) is 7.01. The number of phenols is 1. The second kappa shape index (κ2) is 5.48. The van der Waals surface area contributed by atoms with E-state index in [0.717, 1.165) is 38.5 Å². The Bertz CT molecular complexity index is 682. The summed E-state index contributed by atoms with van der Waals surface area (Å²) in [6, 6.07) is 3.66. The average molecular weight is 330 g/mol. The summed E-state index contributed by atoms with van der Waals surface area (Å²) in [4.78, 5) is 11.2. The highest BCUT2D eigenvalue weighted by Crippen LogP contribution is 2.61. The van der Waals surface area contributed by atoms with Crippen molar-refractivity contribution in [3.05, 3.63) is 23.3 Å². The second-order valence-electron chi connectivity index (χ2n) is 8.17. The van der Waals surface area contributed by atoms with Gasteiger partial charge in [-0.1, -0.05) is 6.92 Å². The van der Waals surface area contributed by atoms with Crippen LogP contribution in [-0.4, -0.2) is 22.3 Å². The number of aromatic hydroxyl groups is 1. The Morgan fingerprint density at radius 2 is 2.04 bits per heavy atom. The van der Waals surface area contributed by atoms with Crippen LogP contribution in [0, 0.1) is 17.3 Å². The first-order valence-electron chi connectivity index (χ1n) is 9.12.